The van der Waals surface area contributed by atoms with Gasteiger partial charge >= 0.3 is 0 Å². The number of amides is 2. The summed E-state index contributed by atoms with van der Waals surface area (Å²) in [6, 6.07) is 16.6. The number of para-hydroxylation sites is 1. The summed E-state index contributed by atoms with van der Waals surface area (Å²) < 4.78 is 5.74. The number of rotatable bonds is 7. The number of hydrogen-bond donors (Lipinski definition) is 2. The third-order valence-electron chi connectivity index (χ3n) is 4.03. The van der Waals surface area contributed by atoms with Gasteiger partial charge in [-0.05, 0) is 36.4 Å². The van der Waals surface area contributed by atoms with Gasteiger partial charge in [-0.3, -0.25) is 19.9 Å². The second-order valence-electron chi connectivity index (χ2n) is 6.35. The van der Waals surface area contributed by atoms with Crippen molar-refractivity contribution in [2.75, 3.05) is 10.6 Å². The van der Waals surface area contributed by atoms with Gasteiger partial charge in [-0.2, -0.15) is 0 Å². The molecule has 2 amide bonds. The molecule has 2 heterocycles. The van der Waals surface area contributed by atoms with E-state index in [1.165, 1.54) is 29.9 Å². The van der Waals surface area contributed by atoms with Crippen LogP contribution in [0.25, 0.3) is 0 Å². The second-order valence-corrected chi connectivity index (χ2v) is 7.21. The van der Waals surface area contributed by atoms with Crippen LogP contribution >= 0.6 is 11.3 Å². The number of hydrogen-bond acceptors (Lipinski definition) is 7. The summed E-state index contributed by atoms with van der Waals surface area (Å²) in [6.07, 6.45) is 4.38. The molecule has 2 aromatic carbocycles. The molecule has 4 aromatic rings. The Kier molecular flexibility index (Phi) is 6.24. The maximum atomic E-state index is 12.3. The van der Waals surface area contributed by atoms with Gasteiger partial charge in [0.15, 0.2) is 5.13 Å². The van der Waals surface area contributed by atoms with E-state index >= 15 is 0 Å². The zero-order chi connectivity index (χ0) is 21.5. The number of nitrogens with one attached hydrogen (secondary N) is 2. The summed E-state index contributed by atoms with van der Waals surface area (Å²) in [4.78, 5) is 36.5. The third kappa shape index (κ3) is 5.71. The number of nitrogens with zero attached hydrogens (tertiary/aromatic N) is 3. The van der Waals surface area contributed by atoms with E-state index in [4.69, 9.17) is 4.74 Å². The number of anilines is 2. The highest BCUT2D eigenvalue weighted by molar-refractivity contribution is 7.14. The smallest absolute Gasteiger partial charge is 0.277 e. The van der Waals surface area contributed by atoms with Gasteiger partial charge in [-0.1, -0.05) is 18.2 Å². The first-order valence-electron chi connectivity index (χ1n) is 9.30. The van der Waals surface area contributed by atoms with E-state index in [0.29, 0.717) is 22.3 Å². The van der Waals surface area contributed by atoms with E-state index in [9.17, 15) is 9.59 Å². The van der Waals surface area contributed by atoms with Crippen molar-refractivity contribution in [2.45, 2.75) is 6.42 Å². The summed E-state index contributed by atoms with van der Waals surface area (Å²) in [5, 5.41) is 7.58. The van der Waals surface area contributed by atoms with Crippen molar-refractivity contribution in [3.63, 3.8) is 0 Å². The normalized spacial score (nSPS) is 10.3. The fourth-order valence-corrected chi connectivity index (χ4v) is 3.33. The second kappa shape index (κ2) is 9.59. The molecule has 0 unspecified atom stereocenters. The van der Waals surface area contributed by atoms with Crippen LogP contribution in [-0.2, 0) is 11.2 Å². The average Bonchev–Trinajstić information content (AvgIpc) is 3.23. The first-order chi connectivity index (χ1) is 15.2. The Morgan fingerprint density at radius 1 is 0.935 bits per heavy atom. The maximum absolute atomic E-state index is 12.3. The van der Waals surface area contributed by atoms with Crippen LogP contribution in [0.3, 0.4) is 0 Å². The molecule has 0 aliphatic carbocycles. The zero-order valence-corrected chi connectivity index (χ0v) is 17.0. The summed E-state index contributed by atoms with van der Waals surface area (Å²) in [7, 11) is 0. The molecule has 0 saturated carbocycles. The number of carbonyl (C=O) groups is 2. The summed E-state index contributed by atoms with van der Waals surface area (Å²) >= 11 is 1.24. The molecular formula is C22H17N5O3S. The first-order valence-corrected chi connectivity index (χ1v) is 10.2. The summed E-state index contributed by atoms with van der Waals surface area (Å²) in [6.45, 7) is 0. The molecular weight excluding hydrogens is 414 g/mol. The fourth-order valence-electron chi connectivity index (χ4n) is 2.62. The first kappa shape index (κ1) is 20.2. The van der Waals surface area contributed by atoms with Crippen molar-refractivity contribution in [1.82, 2.24) is 15.0 Å². The van der Waals surface area contributed by atoms with Crippen LogP contribution in [-0.4, -0.2) is 26.8 Å². The monoisotopic (exact) mass is 431 g/mol. The molecule has 9 heteroatoms. The highest BCUT2D eigenvalue weighted by Gasteiger charge is 2.12. The van der Waals surface area contributed by atoms with E-state index < -0.39 is 5.91 Å². The van der Waals surface area contributed by atoms with Crippen LogP contribution in [0.2, 0.25) is 0 Å². The van der Waals surface area contributed by atoms with E-state index in [2.05, 4.69) is 25.6 Å². The minimum Gasteiger partial charge on any atom is -0.457 e. The predicted octanol–water partition coefficient (Wildman–Crippen LogP) is 4.16. The molecule has 0 radical (unpaired) electrons. The van der Waals surface area contributed by atoms with Crippen LogP contribution in [0, 0.1) is 0 Å². The SMILES string of the molecule is O=C(Cc1csc(NC(=O)c2cnccn2)n1)Nc1ccc(Oc2ccccc2)cc1. The van der Waals surface area contributed by atoms with Crippen molar-refractivity contribution >= 4 is 34.0 Å². The lowest BCUT2D eigenvalue weighted by Crippen LogP contribution is -2.15. The fraction of sp³-hybridized carbons (Fsp3) is 0.0455. The highest BCUT2D eigenvalue weighted by atomic mass is 32.1. The molecule has 8 nitrogen and oxygen atoms in total. The Labute approximate surface area is 182 Å². The Hall–Kier alpha value is -4.11. The largest absolute Gasteiger partial charge is 0.457 e. The molecule has 2 aromatic heterocycles. The van der Waals surface area contributed by atoms with Crippen molar-refractivity contribution in [2.24, 2.45) is 0 Å². The molecule has 0 fully saturated rings. The van der Waals surface area contributed by atoms with Gasteiger partial charge in [-0.25, -0.2) is 9.97 Å². The molecule has 0 spiro atoms. The summed E-state index contributed by atoms with van der Waals surface area (Å²) in [5.74, 6) is 0.794. The number of aromatic nitrogens is 3. The van der Waals surface area contributed by atoms with Gasteiger partial charge in [0.1, 0.15) is 17.2 Å². The number of benzene rings is 2. The number of ether oxygens (including phenoxy) is 1. The molecule has 154 valence electrons. The van der Waals surface area contributed by atoms with Gasteiger partial charge < -0.3 is 10.1 Å². The molecule has 31 heavy (non-hydrogen) atoms. The van der Waals surface area contributed by atoms with Gasteiger partial charge in [-0.15, -0.1) is 11.3 Å². The lowest BCUT2D eigenvalue weighted by atomic mass is 10.2. The predicted molar refractivity (Wildman–Crippen MR) is 117 cm³/mol. The Bertz CT molecular complexity index is 1160. The van der Waals surface area contributed by atoms with Crippen LogP contribution < -0.4 is 15.4 Å². The minimum absolute atomic E-state index is 0.0831. The van der Waals surface area contributed by atoms with Crippen molar-refractivity contribution < 1.29 is 14.3 Å². The molecule has 0 aliphatic rings. The topological polar surface area (TPSA) is 106 Å². The average molecular weight is 431 g/mol. The highest BCUT2D eigenvalue weighted by Crippen LogP contribution is 2.23. The molecule has 0 atom stereocenters. The summed E-state index contributed by atoms with van der Waals surface area (Å²) in [5.41, 5.74) is 1.40. The van der Waals surface area contributed by atoms with E-state index in [1.807, 2.05) is 30.3 Å². The van der Waals surface area contributed by atoms with Crippen molar-refractivity contribution in [1.29, 1.82) is 0 Å². The van der Waals surface area contributed by atoms with Crippen LogP contribution in [0.5, 0.6) is 11.5 Å². The minimum atomic E-state index is -0.406. The Balaban J connectivity index is 1.29. The van der Waals surface area contributed by atoms with E-state index in [1.54, 1.807) is 29.6 Å². The van der Waals surface area contributed by atoms with Gasteiger partial charge in [0.05, 0.1) is 18.3 Å². The van der Waals surface area contributed by atoms with Gasteiger partial charge in [0, 0.05) is 23.5 Å². The van der Waals surface area contributed by atoms with Gasteiger partial charge in [0.2, 0.25) is 5.91 Å². The van der Waals surface area contributed by atoms with Crippen molar-refractivity contribution in [3.8, 4) is 11.5 Å². The lowest BCUT2D eigenvalue weighted by molar-refractivity contribution is -0.115. The zero-order valence-electron chi connectivity index (χ0n) is 16.2. The number of thiazole rings is 1. The maximum Gasteiger partial charge on any atom is 0.277 e. The van der Waals surface area contributed by atoms with Crippen LogP contribution in [0.1, 0.15) is 16.2 Å². The Morgan fingerprint density at radius 3 is 2.45 bits per heavy atom. The quantitative estimate of drug-likeness (QED) is 0.455. The van der Waals surface area contributed by atoms with E-state index in [0.717, 1.165) is 5.75 Å². The molecule has 0 saturated heterocycles. The van der Waals surface area contributed by atoms with Gasteiger partial charge in [0.25, 0.3) is 5.91 Å². The van der Waals surface area contributed by atoms with Crippen LogP contribution in [0.4, 0.5) is 10.8 Å². The molecule has 2 N–H and O–H groups in total. The van der Waals surface area contributed by atoms with Crippen LogP contribution in [0.15, 0.2) is 78.6 Å². The lowest BCUT2D eigenvalue weighted by Gasteiger charge is -2.07. The van der Waals surface area contributed by atoms with Crippen molar-refractivity contribution in [3.05, 3.63) is 90.0 Å². The van der Waals surface area contributed by atoms with E-state index in [-0.39, 0.29) is 18.0 Å². The standard InChI is InChI=1S/C22H17N5O3S/c28-20(25-15-6-8-18(9-7-15)30-17-4-2-1-3-5-17)12-16-14-31-22(26-16)27-21(29)19-13-23-10-11-24-19/h1-11,13-14H,12H2,(H,25,28)(H,26,27,29). The Morgan fingerprint density at radius 2 is 1.71 bits per heavy atom. The number of carbonyl (C=O) groups excluding carboxylic acids is 2. The molecule has 0 aliphatic heterocycles. The third-order valence-corrected chi connectivity index (χ3v) is 4.83. The molecule has 0 bridgehead atoms. The molecule has 4 rings (SSSR count).